The highest BCUT2D eigenvalue weighted by Gasteiger charge is 2.35. The summed E-state index contributed by atoms with van der Waals surface area (Å²) >= 11 is 0. The summed E-state index contributed by atoms with van der Waals surface area (Å²) in [5, 5.41) is 10.6. The molecule has 4 N–H and O–H groups in total. The third-order valence-corrected chi connectivity index (χ3v) is 3.11. The Bertz CT molecular complexity index is 619. The minimum atomic E-state index is -1.10. The van der Waals surface area contributed by atoms with E-state index in [9.17, 15) is 24.1 Å². The standard InChI is InChI=1S/C11H11FN4O4/c12-6-2-9(7(13)3-8(6)16(19)20)15-4-5(11(14)18)1-10(15)17/h2-3,5H,1,4,13H2,(H2,14,18). The average molecular weight is 282 g/mol. The Kier molecular flexibility index (Phi) is 3.26. The second-order valence-corrected chi connectivity index (χ2v) is 4.43. The molecule has 0 bridgehead atoms. The lowest BCUT2D eigenvalue weighted by molar-refractivity contribution is -0.387. The Morgan fingerprint density at radius 1 is 1.50 bits per heavy atom. The molecule has 1 aliphatic heterocycles. The van der Waals surface area contributed by atoms with E-state index in [0.717, 1.165) is 17.0 Å². The minimum absolute atomic E-state index is 0.00171. The van der Waals surface area contributed by atoms with Gasteiger partial charge in [-0.2, -0.15) is 4.39 Å². The second kappa shape index (κ2) is 4.76. The van der Waals surface area contributed by atoms with Gasteiger partial charge in [0, 0.05) is 25.1 Å². The van der Waals surface area contributed by atoms with Crippen molar-refractivity contribution in [3.8, 4) is 0 Å². The number of anilines is 2. The summed E-state index contributed by atoms with van der Waals surface area (Å²) < 4.78 is 13.6. The molecule has 0 aliphatic carbocycles. The third-order valence-electron chi connectivity index (χ3n) is 3.11. The van der Waals surface area contributed by atoms with Crippen LogP contribution in [0.15, 0.2) is 12.1 Å². The summed E-state index contributed by atoms with van der Waals surface area (Å²) in [6.07, 6.45) is -0.0899. The SMILES string of the molecule is NC(=O)C1CC(=O)N(c2cc(F)c([N+](=O)[O-])cc2N)C1. The quantitative estimate of drug-likeness (QED) is 0.462. The van der Waals surface area contributed by atoms with Crippen LogP contribution in [0.3, 0.4) is 0 Å². The molecular weight excluding hydrogens is 271 g/mol. The molecule has 1 aromatic carbocycles. The summed E-state index contributed by atoms with van der Waals surface area (Å²) in [7, 11) is 0. The van der Waals surface area contributed by atoms with Gasteiger partial charge in [0.05, 0.1) is 22.2 Å². The molecule has 0 aromatic heterocycles. The summed E-state index contributed by atoms with van der Waals surface area (Å²) in [5.74, 6) is -2.86. The molecule has 1 fully saturated rings. The van der Waals surface area contributed by atoms with E-state index < -0.39 is 34.2 Å². The number of benzene rings is 1. The Balaban J connectivity index is 2.39. The first-order valence-electron chi connectivity index (χ1n) is 5.64. The zero-order valence-electron chi connectivity index (χ0n) is 10.2. The van der Waals surface area contributed by atoms with Gasteiger partial charge in [-0.25, -0.2) is 0 Å². The van der Waals surface area contributed by atoms with Crippen molar-refractivity contribution in [1.82, 2.24) is 0 Å². The molecule has 0 spiro atoms. The monoisotopic (exact) mass is 282 g/mol. The number of carbonyl (C=O) groups is 2. The summed E-state index contributed by atoms with van der Waals surface area (Å²) in [6, 6.07) is 1.66. The van der Waals surface area contributed by atoms with Crippen LogP contribution in [-0.2, 0) is 9.59 Å². The maximum absolute atomic E-state index is 13.6. The zero-order valence-corrected chi connectivity index (χ0v) is 10.2. The van der Waals surface area contributed by atoms with Gasteiger partial charge in [-0.05, 0) is 0 Å². The lowest BCUT2D eigenvalue weighted by Crippen LogP contribution is -2.29. The number of hydrogen-bond acceptors (Lipinski definition) is 5. The highest BCUT2D eigenvalue weighted by Crippen LogP contribution is 2.34. The lowest BCUT2D eigenvalue weighted by atomic mass is 10.1. The molecule has 1 saturated heterocycles. The van der Waals surface area contributed by atoms with E-state index in [2.05, 4.69) is 0 Å². The minimum Gasteiger partial charge on any atom is -0.397 e. The number of nitro groups is 1. The fourth-order valence-corrected chi connectivity index (χ4v) is 2.07. The van der Waals surface area contributed by atoms with Gasteiger partial charge in [0.1, 0.15) is 0 Å². The molecule has 106 valence electrons. The number of nitro benzene ring substituents is 1. The normalized spacial score (nSPS) is 18.4. The van der Waals surface area contributed by atoms with Gasteiger partial charge in [-0.15, -0.1) is 0 Å². The largest absolute Gasteiger partial charge is 0.397 e. The number of hydrogen-bond donors (Lipinski definition) is 2. The first-order valence-corrected chi connectivity index (χ1v) is 5.64. The topological polar surface area (TPSA) is 133 Å². The molecule has 9 heteroatoms. The first-order chi connectivity index (χ1) is 9.31. The summed E-state index contributed by atoms with van der Waals surface area (Å²) in [4.78, 5) is 33.6. The Labute approximate surface area is 112 Å². The highest BCUT2D eigenvalue weighted by atomic mass is 19.1. The molecule has 0 saturated carbocycles. The number of rotatable bonds is 3. The van der Waals surface area contributed by atoms with Crippen LogP contribution in [0.1, 0.15) is 6.42 Å². The molecule has 1 heterocycles. The molecule has 1 atom stereocenters. The van der Waals surface area contributed by atoms with Crippen molar-refractivity contribution < 1.29 is 18.9 Å². The number of nitrogen functional groups attached to an aromatic ring is 1. The fraction of sp³-hybridized carbons (Fsp3) is 0.273. The summed E-state index contributed by atoms with van der Waals surface area (Å²) in [5.41, 5.74) is 9.84. The zero-order chi connectivity index (χ0) is 15.0. The van der Waals surface area contributed by atoms with Gasteiger partial charge in [0.25, 0.3) is 0 Å². The van der Waals surface area contributed by atoms with Crippen LogP contribution in [0, 0.1) is 21.8 Å². The molecular formula is C11H11FN4O4. The Morgan fingerprint density at radius 2 is 2.15 bits per heavy atom. The van der Waals surface area contributed by atoms with Gasteiger partial charge < -0.3 is 16.4 Å². The van der Waals surface area contributed by atoms with Crippen LogP contribution < -0.4 is 16.4 Å². The highest BCUT2D eigenvalue weighted by molar-refractivity contribution is 6.02. The van der Waals surface area contributed by atoms with Gasteiger partial charge in [0.15, 0.2) is 0 Å². The van der Waals surface area contributed by atoms with Gasteiger partial charge in [0.2, 0.25) is 17.6 Å². The van der Waals surface area contributed by atoms with Crippen molar-refractivity contribution in [3.05, 3.63) is 28.1 Å². The van der Waals surface area contributed by atoms with Crippen molar-refractivity contribution in [2.45, 2.75) is 6.42 Å². The van der Waals surface area contributed by atoms with E-state index in [4.69, 9.17) is 11.5 Å². The predicted octanol–water partition coefficient (Wildman–Crippen LogP) is 0.154. The number of amides is 2. The third kappa shape index (κ3) is 2.25. The number of nitrogens with two attached hydrogens (primary N) is 2. The second-order valence-electron chi connectivity index (χ2n) is 4.43. The van der Waals surface area contributed by atoms with Gasteiger partial charge >= 0.3 is 5.69 Å². The van der Waals surface area contributed by atoms with E-state index in [-0.39, 0.29) is 24.3 Å². The maximum Gasteiger partial charge on any atom is 0.306 e. The van der Waals surface area contributed by atoms with Crippen molar-refractivity contribution in [3.63, 3.8) is 0 Å². The number of carbonyl (C=O) groups excluding carboxylic acids is 2. The number of nitrogens with zero attached hydrogens (tertiary/aromatic N) is 2. The van der Waals surface area contributed by atoms with Crippen molar-refractivity contribution in [2.75, 3.05) is 17.2 Å². The Hall–Kier alpha value is -2.71. The smallest absolute Gasteiger partial charge is 0.306 e. The van der Waals surface area contributed by atoms with E-state index in [1.807, 2.05) is 0 Å². The van der Waals surface area contributed by atoms with E-state index in [1.54, 1.807) is 0 Å². The van der Waals surface area contributed by atoms with Crippen LogP contribution in [0.25, 0.3) is 0 Å². The molecule has 1 aliphatic rings. The molecule has 0 radical (unpaired) electrons. The molecule has 2 amide bonds. The van der Waals surface area contributed by atoms with Crippen LogP contribution in [0.5, 0.6) is 0 Å². The molecule has 2 rings (SSSR count). The Morgan fingerprint density at radius 3 is 2.65 bits per heavy atom. The first kappa shape index (κ1) is 13.7. The maximum atomic E-state index is 13.6. The van der Waals surface area contributed by atoms with Crippen LogP contribution in [-0.4, -0.2) is 23.3 Å². The summed E-state index contributed by atoms with van der Waals surface area (Å²) in [6.45, 7) is -0.0182. The number of primary amides is 1. The van der Waals surface area contributed by atoms with Crippen molar-refractivity contribution in [1.29, 1.82) is 0 Å². The lowest BCUT2D eigenvalue weighted by Gasteiger charge is -2.18. The fourth-order valence-electron chi connectivity index (χ4n) is 2.07. The number of halogens is 1. The van der Waals surface area contributed by atoms with Crippen molar-refractivity contribution >= 4 is 28.9 Å². The molecule has 1 aromatic rings. The van der Waals surface area contributed by atoms with Gasteiger partial charge in [-0.1, -0.05) is 0 Å². The predicted molar refractivity (Wildman–Crippen MR) is 67.1 cm³/mol. The molecule has 1 unspecified atom stereocenters. The van der Waals surface area contributed by atoms with E-state index >= 15 is 0 Å². The van der Waals surface area contributed by atoms with Crippen LogP contribution in [0.4, 0.5) is 21.5 Å². The van der Waals surface area contributed by atoms with Crippen molar-refractivity contribution in [2.24, 2.45) is 11.7 Å². The average Bonchev–Trinajstić information content (AvgIpc) is 2.73. The van der Waals surface area contributed by atoms with E-state index in [1.165, 1.54) is 0 Å². The molecule has 8 nitrogen and oxygen atoms in total. The van der Waals surface area contributed by atoms with Crippen LogP contribution in [0.2, 0.25) is 0 Å². The molecule has 20 heavy (non-hydrogen) atoms. The van der Waals surface area contributed by atoms with Gasteiger partial charge in [-0.3, -0.25) is 19.7 Å². The van der Waals surface area contributed by atoms with Crippen LogP contribution >= 0.6 is 0 Å². The van der Waals surface area contributed by atoms with E-state index in [0.29, 0.717) is 0 Å².